The van der Waals surface area contributed by atoms with Crippen molar-refractivity contribution in [2.45, 2.75) is 45.6 Å². The van der Waals surface area contributed by atoms with Crippen molar-refractivity contribution in [2.75, 3.05) is 11.9 Å². The van der Waals surface area contributed by atoms with E-state index in [0.29, 0.717) is 16.7 Å². The van der Waals surface area contributed by atoms with Crippen LogP contribution >= 0.6 is 11.6 Å². The molecule has 0 aliphatic rings. The summed E-state index contributed by atoms with van der Waals surface area (Å²) in [7, 11) is -3.89. The molecule has 0 aliphatic heterocycles. The lowest BCUT2D eigenvalue weighted by Gasteiger charge is -2.25. The molecule has 1 amide bonds. The van der Waals surface area contributed by atoms with E-state index in [1.54, 1.807) is 54.8 Å². The van der Waals surface area contributed by atoms with Gasteiger partial charge in [-0.2, -0.15) is 4.31 Å². The van der Waals surface area contributed by atoms with E-state index < -0.39 is 22.0 Å². The van der Waals surface area contributed by atoms with Crippen LogP contribution in [0.15, 0.2) is 77.8 Å². The molecule has 38 heavy (non-hydrogen) atoms. The number of imidazole rings is 1. The highest BCUT2D eigenvalue weighted by Crippen LogP contribution is 2.27. The second kappa shape index (κ2) is 11.1. The van der Waals surface area contributed by atoms with Gasteiger partial charge in [0.05, 0.1) is 17.1 Å². The lowest BCUT2D eigenvalue weighted by atomic mass is 10.1. The predicted molar refractivity (Wildman–Crippen MR) is 152 cm³/mol. The van der Waals surface area contributed by atoms with Gasteiger partial charge < -0.3 is 0 Å². The third-order valence-corrected chi connectivity index (χ3v) is 8.66. The van der Waals surface area contributed by atoms with E-state index in [0.717, 1.165) is 27.9 Å². The highest BCUT2D eigenvalue weighted by Gasteiger charge is 2.29. The van der Waals surface area contributed by atoms with Crippen molar-refractivity contribution in [3.63, 3.8) is 0 Å². The van der Waals surface area contributed by atoms with E-state index in [9.17, 15) is 13.2 Å². The molecule has 0 spiro atoms. The van der Waals surface area contributed by atoms with Crippen molar-refractivity contribution in [1.29, 1.82) is 0 Å². The molecule has 0 fully saturated rings. The Balaban J connectivity index is 1.67. The smallest absolute Gasteiger partial charge is 0.243 e. The second-order valence-electron chi connectivity index (χ2n) is 9.60. The number of aryl methyl sites for hydroxylation is 3. The third kappa shape index (κ3) is 5.99. The molecule has 7 nitrogen and oxygen atoms in total. The normalized spacial score (nSPS) is 11.8. The highest BCUT2D eigenvalue weighted by atomic mass is 35.5. The molecular formula is C29H31ClN4O3S. The fourth-order valence-electron chi connectivity index (χ4n) is 4.00. The lowest BCUT2D eigenvalue weighted by Crippen LogP contribution is -2.42. The number of halogens is 1. The van der Waals surface area contributed by atoms with Gasteiger partial charge in [-0.15, -0.1) is 0 Å². The van der Waals surface area contributed by atoms with Crippen molar-refractivity contribution >= 4 is 33.5 Å². The number of anilines is 1. The summed E-state index contributed by atoms with van der Waals surface area (Å²) in [6, 6.07) is 19.4. The number of rotatable bonds is 8. The quantitative estimate of drug-likeness (QED) is 0.285. The van der Waals surface area contributed by atoms with E-state index in [-0.39, 0.29) is 11.4 Å². The van der Waals surface area contributed by atoms with Crippen LogP contribution in [0.1, 0.15) is 30.5 Å². The number of hydrogen-bond donors (Lipinski definition) is 1. The Morgan fingerprint density at radius 3 is 2.24 bits per heavy atom. The Hall–Kier alpha value is -3.46. The van der Waals surface area contributed by atoms with Crippen LogP contribution in [-0.2, 0) is 14.8 Å². The molecule has 0 unspecified atom stereocenters. The minimum absolute atomic E-state index is 0.145. The molecule has 0 bridgehead atoms. The summed E-state index contributed by atoms with van der Waals surface area (Å²) in [5.74, 6) is -0.202. The molecule has 0 atom stereocenters. The number of benzene rings is 3. The maximum atomic E-state index is 13.4. The molecule has 0 aliphatic carbocycles. The molecule has 4 aromatic rings. The first kappa shape index (κ1) is 27.6. The molecule has 0 saturated carbocycles. The topological polar surface area (TPSA) is 84.3 Å². The molecule has 1 N–H and O–H groups in total. The number of amides is 1. The lowest BCUT2D eigenvalue weighted by molar-refractivity contribution is -0.116. The summed E-state index contributed by atoms with van der Waals surface area (Å²) in [4.78, 5) is 18.1. The van der Waals surface area contributed by atoms with Crippen LogP contribution < -0.4 is 5.32 Å². The van der Waals surface area contributed by atoms with Crippen LogP contribution in [0, 0.1) is 20.8 Å². The Kier molecular flexibility index (Phi) is 8.06. The summed E-state index contributed by atoms with van der Waals surface area (Å²) in [6.07, 6.45) is 1.84. The number of aromatic nitrogens is 2. The average Bonchev–Trinajstić information content (AvgIpc) is 3.28. The van der Waals surface area contributed by atoms with Gasteiger partial charge in [0, 0.05) is 28.5 Å². The van der Waals surface area contributed by atoms with Crippen molar-refractivity contribution in [3.05, 3.63) is 94.6 Å². The molecule has 3 aromatic carbocycles. The van der Waals surface area contributed by atoms with Gasteiger partial charge >= 0.3 is 0 Å². The molecule has 9 heteroatoms. The van der Waals surface area contributed by atoms with Gasteiger partial charge in [0.2, 0.25) is 21.9 Å². The van der Waals surface area contributed by atoms with Gasteiger partial charge in [-0.25, -0.2) is 13.4 Å². The zero-order valence-corrected chi connectivity index (χ0v) is 23.6. The first-order chi connectivity index (χ1) is 18.0. The fourth-order valence-corrected chi connectivity index (χ4v) is 5.72. The van der Waals surface area contributed by atoms with E-state index in [4.69, 9.17) is 11.6 Å². The van der Waals surface area contributed by atoms with Gasteiger partial charge in [0.1, 0.15) is 0 Å². The number of hydrogen-bond acceptors (Lipinski definition) is 4. The van der Waals surface area contributed by atoms with Crippen LogP contribution in [0.4, 0.5) is 5.95 Å². The molecule has 4 rings (SSSR count). The number of nitrogens with one attached hydrogen (secondary N) is 1. The predicted octanol–water partition coefficient (Wildman–Crippen LogP) is 6.16. The summed E-state index contributed by atoms with van der Waals surface area (Å²) in [5.41, 5.74) is 5.49. The zero-order chi connectivity index (χ0) is 27.6. The van der Waals surface area contributed by atoms with Crippen LogP contribution in [0.2, 0.25) is 5.02 Å². The van der Waals surface area contributed by atoms with Crippen LogP contribution in [-0.4, -0.2) is 40.8 Å². The number of carbonyl (C=O) groups excluding carboxylic acids is 1. The van der Waals surface area contributed by atoms with Crippen LogP contribution in [0.5, 0.6) is 0 Å². The maximum absolute atomic E-state index is 13.4. The molecule has 198 valence electrons. The highest BCUT2D eigenvalue weighted by molar-refractivity contribution is 7.89. The van der Waals surface area contributed by atoms with Gasteiger partial charge in [0.25, 0.3) is 0 Å². The first-order valence-electron chi connectivity index (χ1n) is 12.3. The molecular weight excluding hydrogens is 520 g/mol. The monoisotopic (exact) mass is 550 g/mol. The number of sulfonamides is 1. The van der Waals surface area contributed by atoms with Crippen molar-refractivity contribution in [3.8, 4) is 16.9 Å². The van der Waals surface area contributed by atoms with Crippen LogP contribution in [0.3, 0.4) is 0 Å². The Bertz CT molecular complexity index is 1560. The van der Waals surface area contributed by atoms with Gasteiger partial charge in [-0.3, -0.25) is 14.7 Å². The largest absolute Gasteiger partial charge is 0.294 e. The third-order valence-electron chi connectivity index (χ3n) is 6.37. The summed E-state index contributed by atoms with van der Waals surface area (Å²) in [5, 5.41) is 3.45. The van der Waals surface area contributed by atoms with Gasteiger partial charge in [-0.1, -0.05) is 47.5 Å². The van der Waals surface area contributed by atoms with Crippen molar-refractivity contribution in [1.82, 2.24) is 13.9 Å². The molecule has 1 heterocycles. The van der Waals surface area contributed by atoms with Crippen LogP contribution in [0.25, 0.3) is 16.9 Å². The SMILES string of the molecule is Cc1ccc(S(=O)(=O)N(CC(=O)Nc2nc(-c3ccc(Cl)cc3)cn2-c2ccc(C)c(C)c2)C(C)C)cc1. The molecule has 0 saturated heterocycles. The molecule has 0 radical (unpaired) electrons. The Labute approximate surface area is 229 Å². The van der Waals surface area contributed by atoms with E-state index in [2.05, 4.69) is 10.3 Å². The first-order valence-corrected chi connectivity index (χ1v) is 14.1. The van der Waals surface area contributed by atoms with E-state index in [1.165, 1.54) is 4.31 Å². The minimum atomic E-state index is -3.89. The summed E-state index contributed by atoms with van der Waals surface area (Å²) >= 11 is 6.06. The second-order valence-corrected chi connectivity index (χ2v) is 11.9. The summed E-state index contributed by atoms with van der Waals surface area (Å²) in [6.45, 7) is 9.07. The Morgan fingerprint density at radius 1 is 0.974 bits per heavy atom. The van der Waals surface area contributed by atoms with E-state index >= 15 is 0 Å². The summed E-state index contributed by atoms with van der Waals surface area (Å²) < 4.78 is 29.7. The zero-order valence-electron chi connectivity index (χ0n) is 22.1. The minimum Gasteiger partial charge on any atom is -0.294 e. The van der Waals surface area contributed by atoms with Gasteiger partial charge in [-0.05, 0) is 82.1 Å². The number of carbonyl (C=O) groups is 1. The van der Waals surface area contributed by atoms with Crippen molar-refractivity contribution in [2.24, 2.45) is 0 Å². The van der Waals surface area contributed by atoms with E-state index in [1.807, 2.05) is 57.3 Å². The average molecular weight is 551 g/mol. The van der Waals surface area contributed by atoms with Crippen molar-refractivity contribution < 1.29 is 13.2 Å². The standard InChI is InChI=1S/C29H31ClN4O3S/c1-19(2)34(38(36,37)26-14-6-20(3)7-15-26)18-28(35)32-29-31-27(23-9-11-24(30)12-10-23)17-33(29)25-13-8-21(4)22(5)16-25/h6-17,19H,18H2,1-5H3,(H,31,32,35). The van der Waals surface area contributed by atoms with Gasteiger partial charge in [0.15, 0.2) is 0 Å². The molecule has 1 aromatic heterocycles. The fraction of sp³-hybridized carbons (Fsp3) is 0.241. The maximum Gasteiger partial charge on any atom is 0.243 e. The number of nitrogens with zero attached hydrogens (tertiary/aromatic N) is 3. The Morgan fingerprint density at radius 2 is 1.63 bits per heavy atom.